The molecule has 3 heterocycles. The third kappa shape index (κ3) is 4.50. The van der Waals surface area contributed by atoms with Crippen LogP contribution in [0.2, 0.25) is 0 Å². The molecule has 1 aromatic rings. The van der Waals surface area contributed by atoms with Crippen LogP contribution in [-0.2, 0) is 11.3 Å². The highest BCUT2D eigenvalue weighted by molar-refractivity contribution is 5.09. The zero-order valence-electron chi connectivity index (χ0n) is 13.1. The Labute approximate surface area is 128 Å². The molecule has 4 heteroatoms. The molecule has 4 nitrogen and oxygen atoms in total. The molecule has 1 aromatic heterocycles. The Balaban J connectivity index is 1.56. The van der Waals surface area contributed by atoms with Gasteiger partial charge in [-0.3, -0.25) is 9.88 Å². The molecule has 0 bridgehead atoms. The summed E-state index contributed by atoms with van der Waals surface area (Å²) in [5.41, 5.74) is 2.28. The van der Waals surface area contributed by atoms with E-state index in [9.17, 15) is 0 Å². The van der Waals surface area contributed by atoms with Crippen LogP contribution in [0.25, 0.3) is 0 Å². The first-order valence-electron chi connectivity index (χ1n) is 8.28. The first kappa shape index (κ1) is 14.9. The fourth-order valence-corrected chi connectivity index (χ4v) is 3.39. The Morgan fingerprint density at radius 2 is 1.95 bits per heavy atom. The van der Waals surface area contributed by atoms with Crippen LogP contribution in [0.15, 0.2) is 18.2 Å². The van der Waals surface area contributed by atoms with Crippen molar-refractivity contribution in [3.63, 3.8) is 0 Å². The Morgan fingerprint density at radius 3 is 2.76 bits per heavy atom. The third-order valence-electron chi connectivity index (χ3n) is 4.43. The van der Waals surface area contributed by atoms with E-state index in [1.165, 1.54) is 31.6 Å². The van der Waals surface area contributed by atoms with Crippen molar-refractivity contribution >= 4 is 0 Å². The Hall–Kier alpha value is -0.970. The van der Waals surface area contributed by atoms with E-state index in [4.69, 9.17) is 4.74 Å². The fourth-order valence-electron chi connectivity index (χ4n) is 3.39. The van der Waals surface area contributed by atoms with E-state index in [1.807, 2.05) is 0 Å². The normalized spacial score (nSPS) is 25.1. The molecule has 0 aromatic carbocycles. The quantitative estimate of drug-likeness (QED) is 0.848. The molecule has 0 unspecified atom stereocenters. The molecule has 2 aliphatic heterocycles. The van der Waals surface area contributed by atoms with Gasteiger partial charge in [-0.25, -0.2) is 0 Å². The standard InChI is InChI=1S/C17H27N3O/c1-15-6-4-7-16(18-15)12-20-10-5-11-21-17(14-20)13-19-8-2-3-9-19/h4,6-7,17H,2-3,5,8-14H2,1H3/t17-/m1/s1. The van der Waals surface area contributed by atoms with Crippen LogP contribution >= 0.6 is 0 Å². The Morgan fingerprint density at radius 1 is 1.14 bits per heavy atom. The zero-order chi connectivity index (χ0) is 14.5. The Kier molecular flexibility index (Phi) is 5.22. The molecule has 21 heavy (non-hydrogen) atoms. The lowest BCUT2D eigenvalue weighted by molar-refractivity contribution is 0.0306. The summed E-state index contributed by atoms with van der Waals surface area (Å²) in [7, 11) is 0. The van der Waals surface area contributed by atoms with Gasteiger partial charge in [0, 0.05) is 38.5 Å². The van der Waals surface area contributed by atoms with Crippen LogP contribution < -0.4 is 0 Å². The minimum atomic E-state index is 0.357. The van der Waals surface area contributed by atoms with Crippen molar-refractivity contribution in [3.8, 4) is 0 Å². The van der Waals surface area contributed by atoms with Crippen LogP contribution in [0.5, 0.6) is 0 Å². The van der Waals surface area contributed by atoms with Crippen LogP contribution in [0, 0.1) is 6.92 Å². The number of aryl methyl sites for hydroxylation is 1. The predicted octanol–water partition coefficient (Wildman–Crippen LogP) is 2.08. The maximum absolute atomic E-state index is 6.05. The van der Waals surface area contributed by atoms with E-state index in [0.29, 0.717) is 6.10 Å². The monoisotopic (exact) mass is 289 g/mol. The van der Waals surface area contributed by atoms with E-state index >= 15 is 0 Å². The number of hydrogen-bond donors (Lipinski definition) is 0. The highest BCUT2D eigenvalue weighted by Gasteiger charge is 2.23. The number of rotatable bonds is 4. The molecule has 0 N–H and O–H groups in total. The van der Waals surface area contributed by atoms with Crippen molar-refractivity contribution in [1.82, 2.24) is 14.8 Å². The second-order valence-corrected chi connectivity index (χ2v) is 6.36. The zero-order valence-corrected chi connectivity index (χ0v) is 13.1. The first-order valence-corrected chi connectivity index (χ1v) is 8.28. The molecular formula is C17H27N3O. The molecule has 0 amide bonds. The average Bonchev–Trinajstić information content (AvgIpc) is 2.86. The SMILES string of the molecule is Cc1cccc(CN2CCCO[C@H](CN3CCCC3)C2)n1. The summed E-state index contributed by atoms with van der Waals surface area (Å²) in [5.74, 6) is 0. The van der Waals surface area contributed by atoms with Gasteiger partial charge in [-0.05, 0) is 51.4 Å². The van der Waals surface area contributed by atoms with E-state index in [1.54, 1.807) is 0 Å². The van der Waals surface area contributed by atoms with Gasteiger partial charge in [-0.2, -0.15) is 0 Å². The van der Waals surface area contributed by atoms with Crippen molar-refractivity contribution in [2.75, 3.05) is 39.3 Å². The molecule has 3 rings (SSSR count). The predicted molar refractivity (Wildman–Crippen MR) is 84.3 cm³/mol. The second kappa shape index (κ2) is 7.34. The summed E-state index contributed by atoms with van der Waals surface area (Å²) in [5, 5.41) is 0. The highest BCUT2D eigenvalue weighted by atomic mass is 16.5. The molecule has 116 valence electrons. The van der Waals surface area contributed by atoms with Crippen molar-refractivity contribution in [1.29, 1.82) is 0 Å². The maximum atomic E-state index is 6.05. The van der Waals surface area contributed by atoms with Crippen LogP contribution in [0.4, 0.5) is 0 Å². The van der Waals surface area contributed by atoms with Crippen LogP contribution in [0.1, 0.15) is 30.7 Å². The van der Waals surface area contributed by atoms with Gasteiger partial charge in [-0.1, -0.05) is 6.07 Å². The van der Waals surface area contributed by atoms with Gasteiger partial charge in [0.25, 0.3) is 0 Å². The van der Waals surface area contributed by atoms with Gasteiger partial charge in [0.1, 0.15) is 0 Å². The minimum absolute atomic E-state index is 0.357. The molecule has 2 fully saturated rings. The van der Waals surface area contributed by atoms with Crippen molar-refractivity contribution < 1.29 is 4.74 Å². The number of aromatic nitrogens is 1. The molecule has 0 aliphatic carbocycles. The lowest BCUT2D eigenvalue weighted by atomic mass is 10.2. The number of pyridine rings is 1. The summed E-state index contributed by atoms with van der Waals surface area (Å²) < 4.78 is 6.05. The molecular weight excluding hydrogens is 262 g/mol. The van der Waals surface area contributed by atoms with Gasteiger partial charge in [0.15, 0.2) is 0 Å². The number of nitrogens with zero attached hydrogens (tertiary/aromatic N) is 3. The molecule has 1 atom stereocenters. The van der Waals surface area contributed by atoms with Crippen LogP contribution in [0.3, 0.4) is 0 Å². The average molecular weight is 289 g/mol. The van der Waals surface area contributed by atoms with E-state index in [-0.39, 0.29) is 0 Å². The van der Waals surface area contributed by atoms with Gasteiger partial charge in [0.05, 0.1) is 11.8 Å². The molecule has 0 saturated carbocycles. The number of hydrogen-bond acceptors (Lipinski definition) is 4. The van der Waals surface area contributed by atoms with Crippen molar-refractivity contribution in [2.45, 2.75) is 38.8 Å². The first-order chi connectivity index (χ1) is 10.3. The van der Waals surface area contributed by atoms with Gasteiger partial charge >= 0.3 is 0 Å². The summed E-state index contributed by atoms with van der Waals surface area (Å²) >= 11 is 0. The number of likely N-dealkylation sites (tertiary alicyclic amines) is 1. The maximum Gasteiger partial charge on any atom is 0.0828 e. The van der Waals surface area contributed by atoms with E-state index in [0.717, 1.165) is 44.9 Å². The number of ether oxygens (including phenoxy) is 1. The van der Waals surface area contributed by atoms with Crippen LogP contribution in [-0.4, -0.2) is 60.2 Å². The summed E-state index contributed by atoms with van der Waals surface area (Å²) in [6.45, 7) is 9.65. The molecule has 2 saturated heterocycles. The van der Waals surface area contributed by atoms with Gasteiger partial charge in [-0.15, -0.1) is 0 Å². The van der Waals surface area contributed by atoms with E-state index < -0.39 is 0 Å². The fraction of sp³-hybridized carbons (Fsp3) is 0.706. The molecule has 0 radical (unpaired) electrons. The van der Waals surface area contributed by atoms with Crippen molar-refractivity contribution in [2.24, 2.45) is 0 Å². The van der Waals surface area contributed by atoms with Crippen molar-refractivity contribution in [3.05, 3.63) is 29.6 Å². The van der Waals surface area contributed by atoms with E-state index in [2.05, 4.69) is 39.9 Å². The van der Waals surface area contributed by atoms with Gasteiger partial charge < -0.3 is 9.64 Å². The summed E-state index contributed by atoms with van der Waals surface area (Å²) in [6, 6.07) is 6.30. The third-order valence-corrected chi connectivity index (χ3v) is 4.43. The second-order valence-electron chi connectivity index (χ2n) is 6.36. The molecule has 0 spiro atoms. The lowest BCUT2D eigenvalue weighted by Crippen LogP contribution is -2.39. The topological polar surface area (TPSA) is 28.6 Å². The minimum Gasteiger partial charge on any atom is -0.376 e. The largest absolute Gasteiger partial charge is 0.376 e. The molecule has 2 aliphatic rings. The lowest BCUT2D eigenvalue weighted by Gasteiger charge is -2.26. The van der Waals surface area contributed by atoms with Gasteiger partial charge in [0.2, 0.25) is 0 Å². The highest BCUT2D eigenvalue weighted by Crippen LogP contribution is 2.14. The summed E-state index contributed by atoms with van der Waals surface area (Å²) in [4.78, 5) is 9.70. The Bertz CT molecular complexity index is 445. The summed E-state index contributed by atoms with van der Waals surface area (Å²) in [6.07, 6.45) is 4.19. The smallest absolute Gasteiger partial charge is 0.0828 e.